The Labute approximate surface area is 164 Å². The molecule has 0 saturated heterocycles. The zero-order valence-electron chi connectivity index (χ0n) is 16.3. The number of amides is 1. The largest absolute Gasteiger partial charge is 0.478 e. The number of anilines is 2. The molecule has 4 rings (SSSR count). The maximum Gasteiger partial charge on any atom is 0.335 e. The van der Waals surface area contributed by atoms with Gasteiger partial charge in [0.25, 0.3) is 0 Å². The molecule has 1 saturated carbocycles. The Kier molecular flexibility index (Phi) is 4.57. The minimum Gasteiger partial charge on any atom is -0.478 e. The van der Waals surface area contributed by atoms with Crippen molar-refractivity contribution in [3.05, 3.63) is 53.2 Å². The van der Waals surface area contributed by atoms with E-state index in [0.29, 0.717) is 5.92 Å². The van der Waals surface area contributed by atoms with Crippen LogP contribution in [0.15, 0.2) is 36.4 Å². The van der Waals surface area contributed by atoms with Gasteiger partial charge in [-0.3, -0.25) is 4.79 Å². The van der Waals surface area contributed by atoms with E-state index in [1.165, 1.54) is 0 Å². The van der Waals surface area contributed by atoms with Crippen LogP contribution in [0.3, 0.4) is 0 Å². The molecule has 2 aromatic rings. The van der Waals surface area contributed by atoms with Gasteiger partial charge in [-0.1, -0.05) is 13.0 Å². The van der Waals surface area contributed by atoms with E-state index in [1.807, 2.05) is 30.0 Å². The summed E-state index contributed by atoms with van der Waals surface area (Å²) in [4.78, 5) is 30.6. The van der Waals surface area contributed by atoms with Crippen LogP contribution in [0.25, 0.3) is 0 Å². The van der Waals surface area contributed by atoms with E-state index in [1.54, 1.807) is 25.1 Å². The number of aryl methyl sites for hydroxylation is 1. The molecule has 1 aliphatic carbocycles. The average Bonchev–Trinajstić information content (AvgIpc) is 3.47. The summed E-state index contributed by atoms with van der Waals surface area (Å²) in [6, 6.07) is 10.8. The predicted molar refractivity (Wildman–Crippen MR) is 108 cm³/mol. The van der Waals surface area contributed by atoms with Crippen molar-refractivity contribution in [2.24, 2.45) is 11.8 Å². The number of pyridine rings is 1. The Morgan fingerprint density at radius 3 is 2.57 bits per heavy atom. The lowest BCUT2D eigenvalue weighted by atomic mass is 9.79. The Bertz CT molecular complexity index is 938. The van der Waals surface area contributed by atoms with Crippen molar-refractivity contribution in [1.82, 2.24) is 4.98 Å². The molecular formula is C22H25N3O3. The minimum absolute atomic E-state index is 0.000190. The molecule has 2 N–H and O–H groups in total. The summed E-state index contributed by atoms with van der Waals surface area (Å²) in [5.41, 5.74) is 2.78. The number of aromatic carboxylic acids is 1. The first-order valence-electron chi connectivity index (χ1n) is 9.74. The highest BCUT2D eigenvalue weighted by Gasteiger charge is 2.47. The standard InChI is InChI=1S/C22H25N3O3/c1-12-5-4-6-19(23-12)24-20-13(2)21(15-7-8-15)25(14(3)26)18-10-9-16(22(27)28)11-17(18)20/h4-6,9-11,13,15,20-21H,7-8H2,1-3H3,(H,23,24)(H,27,28)/t13-,20?,21?/m1/s1. The molecule has 1 amide bonds. The van der Waals surface area contributed by atoms with Crippen LogP contribution in [-0.4, -0.2) is 28.0 Å². The van der Waals surface area contributed by atoms with Crippen LogP contribution in [0.2, 0.25) is 0 Å². The molecule has 0 bridgehead atoms. The van der Waals surface area contributed by atoms with Crippen molar-refractivity contribution in [1.29, 1.82) is 0 Å². The van der Waals surface area contributed by atoms with Gasteiger partial charge in [0.1, 0.15) is 5.82 Å². The Morgan fingerprint density at radius 2 is 1.96 bits per heavy atom. The first kappa shape index (κ1) is 18.5. The lowest BCUT2D eigenvalue weighted by molar-refractivity contribution is -0.117. The lowest BCUT2D eigenvalue weighted by Crippen LogP contribution is -2.51. The number of aromatic nitrogens is 1. The third kappa shape index (κ3) is 3.23. The second kappa shape index (κ2) is 6.93. The molecule has 0 radical (unpaired) electrons. The molecule has 2 aliphatic rings. The SMILES string of the molecule is CC(=O)N1c2ccc(C(=O)O)cc2C(Nc2cccc(C)n2)[C@@H](C)C1C1CC1. The molecule has 146 valence electrons. The maximum absolute atomic E-state index is 12.6. The van der Waals surface area contributed by atoms with Gasteiger partial charge in [0.2, 0.25) is 5.91 Å². The topological polar surface area (TPSA) is 82.5 Å². The van der Waals surface area contributed by atoms with Crippen molar-refractivity contribution in [3.8, 4) is 0 Å². The summed E-state index contributed by atoms with van der Waals surface area (Å²) in [7, 11) is 0. The van der Waals surface area contributed by atoms with E-state index in [0.717, 1.165) is 35.6 Å². The van der Waals surface area contributed by atoms with Gasteiger partial charge in [-0.25, -0.2) is 9.78 Å². The van der Waals surface area contributed by atoms with Crippen molar-refractivity contribution in [3.63, 3.8) is 0 Å². The molecule has 1 aromatic heterocycles. The number of carbonyl (C=O) groups is 2. The number of nitrogens with one attached hydrogen (secondary N) is 1. The summed E-state index contributed by atoms with van der Waals surface area (Å²) in [5, 5.41) is 13.0. The fourth-order valence-corrected chi connectivity index (χ4v) is 4.48. The third-order valence-corrected chi connectivity index (χ3v) is 5.87. The van der Waals surface area contributed by atoms with Crippen molar-refractivity contribution < 1.29 is 14.7 Å². The van der Waals surface area contributed by atoms with Gasteiger partial charge < -0.3 is 15.3 Å². The van der Waals surface area contributed by atoms with Crippen LogP contribution in [-0.2, 0) is 4.79 Å². The van der Waals surface area contributed by atoms with E-state index in [-0.39, 0.29) is 29.5 Å². The van der Waals surface area contributed by atoms with E-state index in [4.69, 9.17) is 0 Å². The number of carbonyl (C=O) groups excluding carboxylic acids is 1. The Hall–Kier alpha value is -2.89. The first-order chi connectivity index (χ1) is 13.4. The van der Waals surface area contributed by atoms with Gasteiger partial charge in [0, 0.05) is 30.3 Å². The third-order valence-electron chi connectivity index (χ3n) is 5.87. The maximum atomic E-state index is 12.6. The molecule has 6 heteroatoms. The van der Waals surface area contributed by atoms with Crippen molar-refractivity contribution in [2.75, 3.05) is 10.2 Å². The molecule has 28 heavy (non-hydrogen) atoms. The fourth-order valence-electron chi connectivity index (χ4n) is 4.48. The molecule has 2 heterocycles. The van der Waals surface area contributed by atoms with E-state index < -0.39 is 5.97 Å². The molecule has 0 spiro atoms. The zero-order valence-corrected chi connectivity index (χ0v) is 16.3. The van der Waals surface area contributed by atoms with E-state index in [9.17, 15) is 14.7 Å². The van der Waals surface area contributed by atoms with Gasteiger partial charge in [-0.05, 0) is 61.6 Å². The second-order valence-corrected chi connectivity index (χ2v) is 7.94. The van der Waals surface area contributed by atoms with Gasteiger partial charge in [0.15, 0.2) is 0 Å². The van der Waals surface area contributed by atoms with Crippen LogP contribution >= 0.6 is 0 Å². The summed E-state index contributed by atoms with van der Waals surface area (Å²) < 4.78 is 0. The quantitative estimate of drug-likeness (QED) is 0.838. The molecule has 1 aromatic carbocycles. The number of carboxylic acid groups (broad SMARTS) is 1. The average molecular weight is 379 g/mol. The number of nitrogens with zero attached hydrogens (tertiary/aromatic N) is 2. The molecule has 6 nitrogen and oxygen atoms in total. The molecule has 3 atom stereocenters. The first-order valence-corrected chi connectivity index (χ1v) is 9.74. The van der Waals surface area contributed by atoms with Crippen LogP contribution in [0, 0.1) is 18.8 Å². The molecule has 1 fully saturated rings. The van der Waals surface area contributed by atoms with Crippen LogP contribution < -0.4 is 10.2 Å². The normalized spacial score (nSPS) is 23.8. The van der Waals surface area contributed by atoms with Crippen molar-refractivity contribution >= 4 is 23.4 Å². The highest BCUT2D eigenvalue weighted by Crippen LogP contribution is 2.50. The monoisotopic (exact) mass is 379 g/mol. The number of carboxylic acids is 1. The number of hydrogen-bond donors (Lipinski definition) is 2. The number of hydrogen-bond acceptors (Lipinski definition) is 4. The fraction of sp³-hybridized carbons (Fsp3) is 0.409. The lowest BCUT2D eigenvalue weighted by Gasteiger charge is -2.46. The van der Waals surface area contributed by atoms with Crippen LogP contribution in [0.5, 0.6) is 0 Å². The minimum atomic E-state index is -0.971. The number of rotatable bonds is 4. The number of benzene rings is 1. The Morgan fingerprint density at radius 1 is 1.21 bits per heavy atom. The Balaban J connectivity index is 1.83. The smallest absolute Gasteiger partial charge is 0.335 e. The van der Waals surface area contributed by atoms with Crippen LogP contribution in [0.4, 0.5) is 11.5 Å². The molecule has 1 aliphatic heterocycles. The second-order valence-electron chi connectivity index (χ2n) is 7.94. The number of fused-ring (bicyclic) bond motifs is 1. The summed E-state index contributed by atoms with van der Waals surface area (Å²) in [6.45, 7) is 5.67. The van der Waals surface area contributed by atoms with Crippen LogP contribution in [0.1, 0.15) is 54.3 Å². The highest BCUT2D eigenvalue weighted by atomic mass is 16.4. The van der Waals surface area contributed by atoms with Gasteiger partial charge >= 0.3 is 5.97 Å². The summed E-state index contributed by atoms with van der Waals surface area (Å²) >= 11 is 0. The summed E-state index contributed by atoms with van der Waals surface area (Å²) in [6.07, 6.45) is 2.24. The molecule has 2 unspecified atom stereocenters. The molecular weight excluding hydrogens is 354 g/mol. The zero-order chi connectivity index (χ0) is 20.0. The van der Waals surface area contributed by atoms with Gasteiger partial charge in [0.05, 0.1) is 11.6 Å². The highest BCUT2D eigenvalue weighted by molar-refractivity contribution is 5.96. The summed E-state index contributed by atoms with van der Waals surface area (Å²) in [5.74, 6) is 0.396. The van der Waals surface area contributed by atoms with Gasteiger partial charge in [-0.15, -0.1) is 0 Å². The van der Waals surface area contributed by atoms with E-state index >= 15 is 0 Å². The van der Waals surface area contributed by atoms with E-state index in [2.05, 4.69) is 17.2 Å². The van der Waals surface area contributed by atoms with Gasteiger partial charge in [-0.2, -0.15) is 0 Å². The predicted octanol–water partition coefficient (Wildman–Crippen LogP) is 4.02. The van der Waals surface area contributed by atoms with Crippen molar-refractivity contribution in [2.45, 2.75) is 45.7 Å².